The Morgan fingerprint density at radius 3 is 2.56 bits per heavy atom. The topological polar surface area (TPSA) is 38.3 Å². The van der Waals surface area contributed by atoms with Crippen LogP contribution in [0.25, 0.3) is 0 Å². The number of carbonyl (C=O) groups excluding carboxylic acids is 1. The molecule has 0 saturated heterocycles. The zero-order valence-electron chi connectivity index (χ0n) is 11.4. The minimum atomic E-state index is -0.00347. The normalized spacial score (nSPS) is 15.7. The lowest BCUT2D eigenvalue weighted by Gasteiger charge is -2.16. The van der Waals surface area contributed by atoms with Crippen molar-refractivity contribution < 1.29 is 9.53 Å². The number of nitrogens with one attached hydrogen (secondary N) is 1. The number of carbonyl (C=O) groups is 1. The van der Waals surface area contributed by atoms with Crippen molar-refractivity contribution in [1.82, 2.24) is 5.32 Å². The maximum absolute atomic E-state index is 12.3. The minimum absolute atomic E-state index is 0.00347. The van der Waals surface area contributed by atoms with Crippen LogP contribution >= 0.6 is 0 Å². The Morgan fingerprint density at radius 1 is 1.28 bits per heavy atom. The Hall–Kier alpha value is -1.51. The van der Waals surface area contributed by atoms with Crippen molar-refractivity contribution in [3.05, 3.63) is 28.8 Å². The van der Waals surface area contributed by atoms with Crippen LogP contribution in [-0.2, 0) is 0 Å². The van der Waals surface area contributed by atoms with Gasteiger partial charge in [-0.15, -0.1) is 0 Å². The van der Waals surface area contributed by atoms with Crippen molar-refractivity contribution in [2.75, 3.05) is 7.11 Å². The van der Waals surface area contributed by atoms with Crippen LogP contribution in [0.2, 0.25) is 0 Å². The third-order valence-corrected chi connectivity index (χ3v) is 3.58. The molecule has 1 aliphatic rings. The highest BCUT2D eigenvalue weighted by Gasteiger charge is 2.21. The summed E-state index contributed by atoms with van der Waals surface area (Å²) in [5.41, 5.74) is 2.76. The number of benzene rings is 1. The van der Waals surface area contributed by atoms with Gasteiger partial charge in [-0.3, -0.25) is 4.79 Å². The second kappa shape index (κ2) is 5.42. The summed E-state index contributed by atoms with van der Waals surface area (Å²) in [7, 11) is 1.61. The number of hydrogen-bond donors (Lipinski definition) is 1. The molecule has 2 rings (SSSR count). The van der Waals surface area contributed by atoms with Crippen LogP contribution in [-0.4, -0.2) is 19.1 Å². The van der Waals surface area contributed by atoms with Crippen molar-refractivity contribution >= 4 is 5.91 Å². The highest BCUT2D eigenvalue weighted by atomic mass is 16.5. The summed E-state index contributed by atoms with van der Waals surface area (Å²) in [5, 5.41) is 3.11. The van der Waals surface area contributed by atoms with Gasteiger partial charge in [0.25, 0.3) is 5.91 Å². The van der Waals surface area contributed by atoms with E-state index < -0.39 is 0 Å². The molecule has 18 heavy (non-hydrogen) atoms. The molecule has 98 valence electrons. The molecule has 0 bridgehead atoms. The van der Waals surface area contributed by atoms with E-state index in [2.05, 4.69) is 5.32 Å². The van der Waals surface area contributed by atoms with E-state index in [4.69, 9.17) is 4.74 Å². The lowest BCUT2D eigenvalue weighted by atomic mass is 10.0. The summed E-state index contributed by atoms with van der Waals surface area (Å²) in [5.74, 6) is 0.666. The molecule has 1 amide bonds. The first-order valence-electron chi connectivity index (χ1n) is 6.58. The third-order valence-electron chi connectivity index (χ3n) is 3.58. The quantitative estimate of drug-likeness (QED) is 0.891. The maximum atomic E-state index is 12.3. The zero-order valence-corrected chi connectivity index (χ0v) is 11.4. The summed E-state index contributed by atoms with van der Waals surface area (Å²) in [6, 6.07) is 4.27. The molecule has 1 fully saturated rings. The van der Waals surface area contributed by atoms with E-state index in [0.29, 0.717) is 17.4 Å². The van der Waals surface area contributed by atoms with Gasteiger partial charge in [-0.1, -0.05) is 18.9 Å². The van der Waals surface area contributed by atoms with Crippen LogP contribution in [0.5, 0.6) is 5.75 Å². The number of methoxy groups -OCH3 is 1. The van der Waals surface area contributed by atoms with Gasteiger partial charge >= 0.3 is 0 Å². The fourth-order valence-corrected chi connectivity index (χ4v) is 2.71. The zero-order chi connectivity index (χ0) is 13.1. The van der Waals surface area contributed by atoms with E-state index in [0.717, 1.165) is 24.0 Å². The van der Waals surface area contributed by atoms with E-state index in [1.54, 1.807) is 7.11 Å². The molecule has 3 nitrogen and oxygen atoms in total. The molecule has 0 spiro atoms. The summed E-state index contributed by atoms with van der Waals surface area (Å²) < 4.78 is 5.33. The molecule has 3 heteroatoms. The Kier molecular flexibility index (Phi) is 3.90. The number of aryl methyl sites for hydroxylation is 2. The number of rotatable bonds is 3. The highest BCUT2D eigenvalue weighted by Crippen LogP contribution is 2.25. The standard InChI is InChI=1S/C15H21NO2/c1-10-8-11(2)14(13(9-10)18-3)15(17)16-12-6-4-5-7-12/h8-9,12H,4-7H2,1-3H3,(H,16,17). The fourth-order valence-electron chi connectivity index (χ4n) is 2.71. The Morgan fingerprint density at radius 2 is 1.94 bits per heavy atom. The van der Waals surface area contributed by atoms with E-state index in [1.165, 1.54) is 12.8 Å². The van der Waals surface area contributed by atoms with E-state index in [-0.39, 0.29) is 5.91 Å². The third kappa shape index (κ3) is 2.66. The van der Waals surface area contributed by atoms with Gasteiger partial charge in [-0.05, 0) is 43.9 Å². The predicted molar refractivity (Wildman–Crippen MR) is 72.2 cm³/mol. The van der Waals surface area contributed by atoms with Gasteiger partial charge in [-0.2, -0.15) is 0 Å². The largest absolute Gasteiger partial charge is 0.496 e. The van der Waals surface area contributed by atoms with Crippen LogP contribution in [0.1, 0.15) is 47.2 Å². The fraction of sp³-hybridized carbons (Fsp3) is 0.533. The Labute approximate surface area is 109 Å². The molecular formula is C15H21NO2. The maximum Gasteiger partial charge on any atom is 0.255 e. The monoisotopic (exact) mass is 247 g/mol. The van der Waals surface area contributed by atoms with Gasteiger partial charge in [0.15, 0.2) is 0 Å². The molecule has 0 atom stereocenters. The SMILES string of the molecule is COc1cc(C)cc(C)c1C(=O)NC1CCCC1. The van der Waals surface area contributed by atoms with E-state index >= 15 is 0 Å². The van der Waals surface area contributed by atoms with Crippen LogP contribution in [0, 0.1) is 13.8 Å². The molecule has 0 unspecified atom stereocenters. The number of amides is 1. The second-order valence-corrected chi connectivity index (χ2v) is 5.11. The average Bonchev–Trinajstić information content (AvgIpc) is 2.80. The smallest absolute Gasteiger partial charge is 0.255 e. The van der Waals surface area contributed by atoms with Gasteiger partial charge in [0.2, 0.25) is 0 Å². The van der Waals surface area contributed by atoms with Crippen LogP contribution < -0.4 is 10.1 Å². The van der Waals surface area contributed by atoms with Gasteiger partial charge in [0.05, 0.1) is 12.7 Å². The minimum Gasteiger partial charge on any atom is -0.496 e. The van der Waals surface area contributed by atoms with Crippen molar-refractivity contribution in [2.45, 2.75) is 45.6 Å². The van der Waals surface area contributed by atoms with Crippen molar-refractivity contribution in [3.8, 4) is 5.75 Å². The molecule has 0 radical (unpaired) electrons. The first-order valence-corrected chi connectivity index (χ1v) is 6.58. The van der Waals surface area contributed by atoms with Gasteiger partial charge in [0.1, 0.15) is 5.75 Å². The summed E-state index contributed by atoms with van der Waals surface area (Å²) >= 11 is 0. The molecular weight excluding hydrogens is 226 g/mol. The molecule has 1 saturated carbocycles. The van der Waals surface area contributed by atoms with E-state index in [1.807, 2.05) is 26.0 Å². The summed E-state index contributed by atoms with van der Waals surface area (Å²) in [6.45, 7) is 3.97. The molecule has 1 aliphatic carbocycles. The number of ether oxygens (including phenoxy) is 1. The van der Waals surface area contributed by atoms with Crippen LogP contribution in [0.15, 0.2) is 12.1 Å². The predicted octanol–water partition coefficient (Wildman–Crippen LogP) is 2.98. The van der Waals surface area contributed by atoms with Crippen molar-refractivity contribution in [3.63, 3.8) is 0 Å². The Bertz CT molecular complexity index is 448. The lowest BCUT2D eigenvalue weighted by molar-refractivity contribution is 0.0934. The molecule has 0 aliphatic heterocycles. The summed E-state index contributed by atoms with van der Waals surface area (Å²) in [6.07, 6.45) is 4.63. The molecule has 0 aromatic heterocycles. The van der Waals surface area contributed by atoms with Crippen molar-refractivity contribution in [1.29, 1.82) is 0 Å². The molecule has 0 heterocycles. The van der Waals surface area contributed by atoms with Crippen molar-refractivity contribution in [2.24, 2.45) is 0 Å². The second-order valence-electron chi connectivity index (χ2n) is 5.11. The van der Waals surface area contributed by atoms with Gasteiger partial charge < -0.3 is 10.1 Å². The number of hydrogen-bond acceptors (Lipinski definition) is 2. The van der Waals surface area contributed by atoms with E-state index in [9.17, 15) is 4.79 Å². The summed E-state index contributed by atoms with van der Waals surface area (Å²) in [4.78, 5) is 12.3. The lowest BCUT2D eigenvalue weighted by Crippen LogP contribution is -2.33. The molecule has 1 aromatic carbocycles. The Balaban J connectivity index is 2.23. The van der Waals surface area contributed by atoms with Gasteiger partial charge in [0, 0.05) is 6.04 Å². The highest BCUT2D eigenvalue weighted by molar-refractivity contribution is 5.98. The first-order chi connectivity index (χ1) is 8.61. The van der Waals surface area contributed by atoms with Crippen LogP contribution in [0.3, 0.4) is 0 Å². The average molecular weight is 247 g/mol. The van der Waals surface area contributed by atoms with Gasteiger partial charge in [-0.25, -0.2) is 0 Å². The molecule has 1 aromatic rings. The molecule has 1 N–H and O–H groups in total. The first kappa shape index (κ1) is 12.9. The van der Waals surface area contributed by atoms with Crippen LogP contribution in [0.4, 0.5) is 0 Å².